The molecule has 2 aromatic heterocycles. The van der Waals surface area contributed by atoms with Gasteiger partial charge in [-0.15, -0.1) is 0 Å². The van der Waals surface area contributed by atoms with E-state index >= 15 is 0 Å². The number of likely N-dealkylation sites (tertiary alicyclic amines) is 1. The number of carbonyl (C=O) groups is 1. The minimum Gasteiger partial charge on any atom is -0.444 e. The lowest BCUT2D eigenvalue weighted by Crippen LogP contribution is -2.47. The smallest absolute Gasteiger partial charge is 0.410 e. The number of nitrogens with one attached hydrogen (secondary N) is 4. The average molecular weight is 551 g/mol. The van der Waals surface area contributed by atoms with Crippen LogP contribution < -0.4 is 27.0 Å². The molecule has 2 unspecified atom stereocenters. The molecule has 13 heteroatoms. The second-order valence-electron chi connectivity index (χ2n) is 9.99. The topological polar surface area (TPSA) is 155 Å². The molecule has 1 amide bonds. The molecule has 0 aromatic carbocycles. The van der Waals surface area contributed by atoms with Crippen molar-refractivity contribution >= 4 is 35.3 Å². The van der Waals surface area contributed by atoms with Crippen molar-refractivity contribution in [3.05, 3.63) is 29.8 Å². The molecule has 2 aliphatic heterocycles. The van der Waals surface area contributed by atoms with Crippen molar-refractivity contribution in [2.75, 3.05) is 56.2 Å². The maximum absolute atomic E-state index is 11.6. The van der Waals surface area contributed by atoms with Crippen LogP contribution in [0.1, 0.15) is 46.5 Å². The molecule has 2 saturated heterocycles. The van der Waals surface area contributed by atoms with Crippen LogP contribution in [0.2, 0.25) is 5.28 Å². The minimum absolute atomic E-state index is 0.108. The van der Waals surface area contributed by atoms with Crippen molar-refractivity contribution < 1.29 is 9.53 Å². The Morgan fingerprint density at radius 1 is 1.11 bits per heavy atom. The summed E-state index contributed by atoms with van der Waals surface area (Å²) >= 11 is 5.46. The van der Waals surface area contributed by atoms with E-state index in [1.807, 2.05) is 33.9 Å². The first-order chi connectivity index (χ1) is 18.1. The number of amides is 1. The van der Waals surface area contributed by atoms with Crippen LogP contribution in [-0.4, -0.2) is 88.9 Å². The van der Waals surface area contributed by atoms with Gasteiger partial charge in [0.1, 0.15) is 17.2 Å². The fourth-order valence-corrected chi connectivity index (χ4v) is 3.85. The number of carbonyl (C=O) groups excluding carboxylic acids is 1. The highest BCUT2D eigenvalue weighted by molar-refractivity contribution is 6.28. The van der Waals surface area contributed by atoms with Crippen LogP contribution in [0.5, 0.6) is 0 Å². The SMILES string of the molecule is CC(C)(C)OC(=O)N1CCCC(N)C1.CNc1ccnc(Cl)n1.CNc1ccnc(NC2CCCNC2)n1. The Bertz CT molecular complexity index is 969. The van der Waals surface area contributed by atoms with E-state index in [2.05, 4.69) is 41.2 Å². The van der Waals surface area contributed by atoms with Crippen molar-refractivity contribution in [3.8, 4) is 0 Å². The van der Waals surface area contributed by atoms with E-state index < -0.39 is 5.60 Å². The fraction of sp³-hybridized carbons (Fsp3) is 0.640. The quantitative estimate of drug-likeness (QED) is 0.356. The van der Waals surface area contributed by atoms with Crippen molar-refractivity contribution in [1.82, 2.24) is 30.2 Å². The minimum atomic E-state index is -0.418. The molecule has 2 atom stereocenters. The number of anilines is 3. The number of hydrogen-bond acceptors (Lipinski definition) is 11. The number of nitrogens with two attached hydrogens (primary N) is 1. The molecule has 38 heavy (non-hydrogen) atoms. The Kier molecular flexibility index (Phi) is 13.2. The van der Waals surface area contributed by atoms with Crippen LogP contribution in [0.3, 0.4) is 0 Å². The predicted molar refractivity (Wildman–Crippen MR) is 153 cm³/mol. The van der Waals surface area contributed by atoms with Crippen LogP contribution in [0.4, 0.5) is 22.4 Å². The van der Waals surface area contributed by atoms with Gasteiger partial charge in [-0.3, -0.25) is 0 Å². The van der Waals surface area contributed by atoms with Gasteiger partial charge in [-0.1, -0.05) is 0 Å². The summed E-state index contributed by atoms with van der Waals surface area (Å²) < 4.78 is 5.26. The zero-order valence-corrected chi connectivity index (χ0v) is 23.9. The van der Waals surface area contributed by atoms with E-state index in [4.69, 9.17) is 22.1 Å². The number of ether oxygens (including phenoxy) is 1. The third-order valence-electron chi connectivity index (χ3n) is 5.53. The molecular formula is C25H43ClN10O2. The number of aromatic nitrogens is 4. The molecular weight excluding hydrogens is 508 g/mol. The molecule has 4 heterocycles. The summed E-state index contributed by atoms with van der Waals surface area (Å²) in [4.78, 5) is 29.4. The van der Waals surface area contributed by atoms with Gasteiger partial charge in [0.2, 0.25) is 11.2 Å². The van der Waals surface area contributed by atoms with Crippen molar-refractivity contribution in [3.63, 3.8) is 0 Å². The monoisotopic (exact) mass is 550 g/mol. The van der Waals surface area contributed by atoms with E-state index in [-0.39, 0.29) is 17.4 Å². The zero-order chi connectivity index (χ0) is 28.0. The van der Waals surface area contributed by atoms with E-state index in [1.54, 1.807) is 30.4 Å². The lowest BCUT2D eigenvalue weighted by Gasteiger charge is -2.32. The normalized spacial score (nSPS) is 19.1. The molecule has 0 spiro atoms. The first-order valence-corrected chi connectivity index (χ1v) is 13.3. The molecule has 0 radical (unpaired) electrons. The molecule has 0 saturated carbocycles. The molecule has 0 bridgehead atoms. The van der Waals surface area contributed by atoms with Gasteiger partial charge in [-0.25, -0.2) is 19.7 Å². The summed E-state index contributed by atoms with van der Waals surface area (Å²) in [5.74, 6) is 2.28. The number of hydrogen-bond donors (Lipinski definition) is 5. The molecule has 12 nitrogen and oxygen atoms in total. The summed E-state index contributed by atoms with van der Waals surface area (Å²) in [6, 6.07) is 4.15. The van der Waals surface area contributed by atoms with E-state index in [1.165, 1.54) is 12.8 Å². The Morgan fingerprint density at radius 2 is 1.79 bits per heavy atom. The van der Waals surface area contributed by atoms with Gasteiger partial charge < -0.3 is 36.6 Å². The molecule has 4 rings (SSSR count). The third-order valence-corrected chi connectivity index (χ3v) is 5.72. The Balaban J connectivity index is 0.000000207. The van der Waals surface area contributed by atoms with Crippen LogP contribution in [0, 0.1) is 0 Å². The summed E-state index contributed by atoms with van der Waals surface area (Å²) in [5.41, 5.74) is 5.36. The van der Waals surface area contributed by atoms with Gasteiger partial charge in [0.15, 0.2) is 0 Å². The zero-order valence-electron chi connectivity index (χ0n) is 23.1. The number of halogens is 1. The number of rotatable bonds is 4. The van der Waals surface area contributed by atoms with Crippen LogP contribution in [0.15, 0.2) is 24.5 Å². The number of nitrogens with zero attached hydrogens (tertiary/aromatic N) is 5. The molecule has 2 fully saturated rings. The average Bonchev–Trinajstić information content (AvgIpc) is 2.89. The number of piperidine rings is 2. The van der Waals surface area contributed by atoms with Gasteiger partial charge in [0.25, 0.3) is 0 Å². The second kappa shape index (κ2) is 16.1. The summed E-state index contributed by atoms with van der Waals surface area (Å²) in [6.45, 7) is 9.11. The first kappa shape index (κ1) is 31.3. The van der Waals surface area contributed by atoms with Crippen LogP contribution in [-0.2, 0) is 4.74 Å². The van der Waals surface area contributed by atoms with E-state index in [9.17, 15) is 4.79 Å². The molecule has 0 aliphatic carbocycles. The second-order valence-corrected chi connectivity index (χ2v) is 10.3. The van der Waals surface area contributed by atoms with Gasteiger partial charge in [0.05, 0.1) is 0 Å². The summed E-state index contributed by atoms with van der Waals surface area (Å²) in [6.07, 6.45) is 7.48. The van der Waals surface area contributed by atoms with Crippen LogP contribution >= 0.6 is 11.6 Å². The maximum Gasteiger partial charge on any atom is 0.410 e. The van der Waals surface area contributed by atoms with E-state index in [0.29, 0.717) is 18.5 Å². The summed E-state index contributed by atoms with van der Waals surface area (Å²) in [7, 11) is 3.63. The van der Waals surface area contributed by atoms with Gasteiger partial charge in [0, 0.05) is 58.2 Å². The lowest BCUT2D eigenvalue weighted by atomic mass is 10.1. The van der Waals surface area contributed by atoms with Crippen molar-refractivity contribution in [2.24, 2.45) is 5.73 Å². The Hall–Kier alpha value is -2.96. The fourth-order valence-electron chi connectivity index (χ4n) is 3.70. The highest BCUT2D eigenvalue weighted by Gasteiger charge is 2.25. The van der Waals surface area contributed by atoms with Crippen LogP contribution in [0.25, 0.3) is 0 Å². The molecule has 6 N–H and O–H groups in total. The highest BCUT2D eigenvalue weighted by atomic mass is 35.5. The third kappa shape index (κ3) is 12.5. The van der Waals surface area contributed by atoms with E-state index in [0.717, 1.165) is 44.1 Å². The Labute approximate surface area is 230 Å². The summed E-state index contributed by atoms with van der Waals surface area (Å²) in [5, 5.41) is 12.8. The van der Waals surface area contributed by atoms with Gasteiger partial charge >= 0.3 is 6.09 Å². The van der Waals surface area contributed by atoms with Crippen molar-refractivity contribution in [1.29, 1.82) is 0 Å². The standard InChI is InChI=1S/C10H17N5.C10H20N2O2.C5H6ClN3/c1-11-9-4-6-13-10(15-9)14-8-3-2-5-12-7-8;1-10(2,3)14-9(13)12-6-4-5-8(11)7-12;1-7-4-2-3-8-5(6)9-4/h4,6,8,12H,2-3,5,7H2,1H3,(H2,11,13,14,15);8H,4-7,11H2,1-3H3;2-3H,1H3,(H,7,8,9). The molecule has 212 valence electrons. The van der Waals surface area contributed by atoms with Crippen molar-refractivity contribution in [2.45, 2.75) is 64.1 Å². The first-order valence-electron chi connectivity index (χ1n) is 13.0. The largest absolute Gasteiger partial charge is 0.444 e. The highest BCUT2D eigenvalue weighted by Crippen LogP contribution is 2.14. The molecule has 2 aliphatic rings. The maximum atomic E-state index is 11.6. The Morgan fingerprint density at radius 3 is 2.34 bits per heavy atom. The predicted octanol–water partition coefficient (Wildman–Crippen LogP) is 3.20. The van der Waals surface area contributed by atoms with Gasteiger partial charge in [-0.2, -0.15) is 4.98 Å². The van der Waals surface area contributed by atoms with Gasteiger partial charge in [-0.05, 0) is 76.7 Å². The molecule has 2 aromatic rings. The lowest BCUT2D eigenvalue weighted by molar-refractivity contribution is 0.0200.